The molecule has 0 N–H and O–H groups in total. The molecular weight excluding hydrogens is 238 g/mol. The van der Waals surface area contributed by atoms with Crippen LogP contribution in [-0.2, 0) is 13.0 Å². The Bertz CT molecular complexity index is 467. The van der Waals surface area contributed by atoms with Crippen molar-refractivity contribution in [2.75, 3.05) is 6.61 Å². The first kappa shape index (κ1) is 13.6. The molecule has 0 saturated heterocycles. The van der Waals surface area contributed by atoms with E-state index in [0.29, 0.717) is 6.61 Å². The SMILES string of the molecule is CCCCn1ncnc1CCCOc1ccccc1. The van der Waals surface area contributed by atoms with Crippen molar-refractivity contribution < 1.29 is 4.74 Å². The van der Waals surface area contributed by atoms with Crippen LogP contribution in [0.3, 0.4) is 0 Å². The van der Waals surface area contributed by atoms with E-state index in [1.54, 1.807) is 6.33 Å². The standard InChI is InChI=1S/C15H21N3O/c1-2-3-11-18-15(16-13-17-18)10-7-12-19-14-8-5-4-6-9-14/h4-6,8-9,13H,2-3,7,10-12H2,1H3. The number of aryl methyl sites for hydroxylation is 2. The van der Waals surface area contributed by atoms with E-state index in [4.69, 9.17) is 4.74 Å². The molecule has 0 saturated carbocycles. The summed E-state index contributed by atoms with van der Waals surface area (Å²) in [5.41, 5.74) is 0. The molecule has 0 aliphatic rings. The summed E-state index contributed by atoms with van der Waals surface area (Å²) in [5.74, 6) is 1.99. The third-order valence-electron chi connectivity index (χ3n) is 2.98. The molecule has 1 aromatic carbocycles. The summed E-state index contributed by atoms with van der Waals surface area (Å²) in [6.07, 6.45) is 5.84. The van der Waals surface area contributed by atoms with Gasteiger partial charge in [-0.1, -0.05) is 31.5 Å². The van der Waals surface area contributed by atoms with Crippen LogP contribution in [0.2, 0.25) is 0 Å². The topological polar surface area (TPSA) is 39.9 Å². The first-order chi connectivity index (χ1) is 9.40. The van der Waals surface area contributed by atoms with E-state index >= 15 is 0 Å². The van der Waals surface area contributed by atoms with Gasteiger partial charge in [-0.2, -0.15) is 5.10 Å². The lowest BCUT2D eigenvalue weighted by Gasteiger charge is -2.07. The summed E-state index contributed by atoms with van der Waals surface area (Å²) in [5, 5.41) is 4.26. The maximum absolute atomic E-state index is 5.67. The molecule has 2 aromatic rings. The largest absolute Gasteiger partial charge is 0.494 e. The number of benzene rings is 1. The van der Waals surface area contributed by atoms with E-state index in [2.05, 4.69) is 17.0 Å². The van der Waals surface area contributed by atoms with Gasteiger partial charge in [-0.05, 0) is 25.0 Å². The fraction of sp³-hybridized carbons (Fsp3) is 0.467. The molecular formula is C15H21N3O. The zero-order chi connectivity index (χ0) is 13.3. The highest BCUT2D eigenvalue weighted by Crippen LogP contribution is 2.09. The molecule has 0 fully saturated rings. The summed E-state index contributed by atoms with van der Waals surface area (Å²) < 4.78 is 7.67. The molecule has 102 valence electrons. The predicted octanol–water partition coefficient (Wildman–Crippen LogP) is 3.09. The van der Waals surface area contributed by atoms with E-state index in [9.17, 15) is 0 Å². The smallest absolute Gasteiger partial charge is 0.138 e. The van der Waals surface area contributed by atoms with Gasteiger partial charge in [0, 0.05) is 13.0 Å². The van der Waals surface area contributed by atoms with Gasteiger partial charge in [-0.25, -0.2) is 4.98 Å². The lowest BCUT2D eigenvalue weighted by atomic mass is 10.3. The number of unbranched alkanes of at least 4 members (excludes halogenated alkanes) is 1. The number of hydrogen-bond acceptors (Lipinski definition) is 3. The minimum atomic E-state index is 0.713. The van der Waals surface area contributed by atoms with E-state index in [1.165, 1.54) is 6.42 Å². The first-order valence-electron chi connectivity index (χ1n) is 6.94. The van der Waals surface area contributed by atoms with Crippen LogP contribution in [0.25, 0.3) is 0 Å². The Hall–Kier alpha value is -1.84. The van der Waals surface area contributed by atoms with Crippen LogP contribution in [0.4, 0.5) is 0 Å². The third kappa shape index (κ3) is 4.39. The Labute approximate surface area is 114 Å². The van der Waals surface area contributed by atoms with Crippen LogP contribution in [0.1, 0.15) is 32.0 Å². The maximum atomic E-state index is 5.67. The van der Waals surface area contributed by atoms with Gasteiger partial charge < -0.3 is 4.74 Å². The Morgan fingerprint density at radius 2 is 2.00 bits per heavy atom. The summed E-state index contributed by atoms with van der Waals surface area (Å²) in [6.45, 7) is 3.86. The van der Waals surface area contributed by atoms with Crippen molar-refractivity contribution in [3.8, 4) is 5.75 Å². The molecule has 0 aliphatic carbocycles. The summed E-state index contributed by atoms with van der Waals surface area (Å²) in [7, 11) is 0. The number of para-hydroxylation sites is 1. The molecule has 1 aromatic heterocycles. The highest BCUT2D eigenvalue weighted by molar-refractivity contribution is 5.20. The predicted molar refractivity (Wildman–Crippen MR) is 75.2 cm³/mol. The second-order valence-electron chi connectivity index (χ2n) is 4.52. The van der Waals surface area contributed by atoms with Crippen molar-refractivity contribution in [3.05, 3.63) is 42.5 Å². The highest BCUT2D eigenvalue weighted by atomic mass is 16.5. The van der Waals surface area contributed by atoms with E-state index in [0.717, 1.165) is 37.4 Å². The summed E-state index contributed by atoms with van der Waals surface area (Å²) >= 11 is 0. The van der Waals surface area contributed by atoms with Crippen molar-refractivity contribution in [3.63, 3.8) is 0 Å². The molecule has 0 aliphatic heterocycles. The van der Waals surface area contributed by atoms with Crippen LogP contribution in [0, 0.1) is 0 Å². The van der Waals surface area contributed by atoms with Crippen LogP contribution in [0.15, 0.2) is 36.7 Å². The lowest BCUT2D eigenvalue weighted by molar-refractivity contribution is 0.308. The van der Waals surface area contributed by atoms with E-state index in [1.807, 2.05) is 35.0 Å². The number of nitrogens with zero attached hydrogens (tertiary/aromatic N) is 3. The monoisotopic (exact) mass is 259 g/mol. The van der Waals surface area contributed by atoms with Crippen molar-refractivity contribution in [2.24, 2.45) is 0 Å². The number of rotatable bonds is 8. The highest BCUT2D eigenvalue weighted by Gasteiger charge is 2.03. The van der Waals surface area contributed by atoms with Crippen molar-refractivity contribution in [1.82, 2.24) is 14.8 Å². The van der Waals surface area contributed by atoms with Crippen LogP contribution in [-0.4, -0.2) is 21.4 Å². The van der Waals surface area contributed by atoms with E-state index in [-0.39, 0.29) is 0 Å². The molecule has 0 bridgehead atoms. The molecule has 4 nitrogen and oxygen atoms in total. The van der Waals surface area contributed by atoms with Crippen molar-refractivity contribution in [1.29, 1.82) is 0 Å². The molecule has 0 atom stereocenters. The quantitative estimate of drug-likeness (QED) is 0.684. The zero-order valence-electron chi connectivity index (χ0n) is 11.5. The lowest BCUT2D eigenvalue weighted by Crippen LogP contribution is -2.08. The number of hydrogen-bond donors (Lipinski definition) is 0. The Morgan fingerprint density at radius 3 is 2.79 bits per heavy atom. The van der Waals surface area contributed by atoms with Gasteiger partial charge in [0.15, 0.2) is 0 Å². The van der Waals surface area contributed by atoms with E-state index < -0.39 is 0 Å². The zero-order valence-corrected chi connectivity index (χ0v) is 11.5. The van der Waals surface area contributed by atoms with Crippen molar-refractivity contribution in [2.45, 2.75) is 39.2 Å². The van der Waals surface area contributed by atoms with Crippen molar-refractivity contribution >= 4 is 0 Å². The molecule has 0 radical (unpaired) electrons. The molecule has 0 unspecified atom stereocenters. The van der Waals surface area contributed by atoms with Crippen LogP contribution >= 0.6 is 0 Å². The second-order valence-corrected chi connectivity index (χ2v) is 4.52. The van der Waals surface area contributed by atoms with Gasteiger partial charge in [0.25, 0.3) is 0 Å². The average molecular weight is 259 g/mol. The summed E-state index contributed by atoms with van der Waals surface area (Å²) in [4.78, 5) is 4.31. The third-order valence-corrected chi connectivity index (χ3v) is 2.98. The first-order valence-corrected chi connectivity index (χ1v) is 6.94. The number of ether oxygens (including phenoxy) is 1. The molecule has 19 heavy (non-hydrogen) atoms. The van der Waals surface area contributed by atoms with Gasteiger partial charge in [0.05, 0.1) is 6.61 Å². The molecule has 4 heteroatoms. The summed E-state index contributed by atoms with van der Waals surface area (Å²) in [6, 6.07) is 9.91. The van der Waals surface area contributed by atoms with Crippen LogP contribution in [0.5, 0.6) is 5.75 Å². The Morgan fingerprint density at radius 1 is 1.16 bits per heavy atom. The molecule has 0 amide bonds. The minimum absolute atomic E-state index is 0.713. The van der Waals surface area contributed by atoms with Gasteiger partial charge in [0.2, 0.25) is 0 Å². The number of aromatic nitrogens is 3. The van der Waals surface area contributed by atoms with Gasteiger partial charge in [-0.15, -0.1) is 0 Å². The Kier molecular flexibility index (Phi) is 5.41. The maximum Gasteiger partial charge on any atom is 0.138 e. The second kappa shape index (κ2) is 7.56. The van der Waals surface area contributed by atoms with Gasteiger partial charge in [-0.3, -0.25) is 4.68 Å². The fourth-order valence-corrected chi connectivity index (χ4v) is 1.91. The molecule has 2 rings (SSSR count). The Balaban J connectivity index is 1.72. The van der Waals surface area contributed by atoms with Gasteiger partial charge >= 0.3 is 0 Å². The van der Waals surface area contributed by atoms with Gasteiger partial charge in [0.1, 0.15) is 17.9 Å². The molecule has 1 heterocycles. The van der Waals surface area contributed by atoms with Crippen LogP contribution < -0.4 is 4.74 Å². The molecule has 0 spiro atoms. The fourth-order valence-electron chi connectivity index (χ4n) is 1.91. The normalized spacial score (nSPS) is 10.6. The minimum Gasteiger partial charge on any atom is -0.494 e. The average Bonchev–Trinajstić information content (AvgIpc) is 2.90.